The van der Waals surface area contributed by atoms with E-state index >= 15 is 0 Å². The summed E-state index contributed by atoms with van der Waals surface area (Å²) in [6.45, 7) is 1.90. The highest BCUT2D eigenvalue weighted by Crippen LogP contribution is 2.22. The van der Waals surface area contributed by atoms with Crippen molar-refractivity contribution in [3.8, 4) is 0 Å². The number of sulfonamides is 1. The Bertz CT molecular complexity index is 1090. The van der Waals surface area contributed by atoms with Crippen molar-refractivity contribution in [3.05, 3.63) is 57.3 Å². The highest BCUT2D eigenvalue weighted by atomic mass is 32.2. The largest absolute Gasteiger partial charge is 0.433 e. The second-order valence-electron chi connectivity index (χ2n) is 5.15. The van der Waals surface area contributed by atoms with Crippen molar-refractivity contribution < 1.29 is 17.8 Å². The van der Waals surface area contributed by atoms with E-state index in [0.29, 0.717) is 12.1 Å². The number of hydrogen-bond donors (Lipinski definition) is 1. The van der Waals surface area contributed by atoms with E-state index in [-0.39, 0.29) is 21.7 Å². The third-order valence-electron chi connectivity index (χ3n) is 3.27. The summed E-state index contributed by atoms with van der Waals surface area (Å²) in [5, 5.41) is 19.2. The van der Waals surface area contributed by atoms with E-state index in [1.165, 1.54) is 53.9 Å². The van der Waals surface area contributed by atoms with Crippen molar-refractivity contribution in [2.75, 3.05) is 4.72 Å². The molecule has 3 rings (SSSR count). The summed E-state index contributed by atoms with van der Waals surface area (Å²) in [7, 11) is -3.79. The van der Waals surface area contributed by atoms with Crippen LogP contribution < -0.4 is 4.72 Å². The third kappa shape index (κ3) is 4.54. The molecule has 140 valence electrons. The minimum absolute atomic E-state index is 0.0448. The highest BCUT2D eigenvalue weighted by Gasteiger charge is 2.16. The van der Waals surface area contributed by atoms with Crippen LogP contribution in [0.1, 0.15) is 17.7 Å². The Labute approximate surface area is 157 Å². The van der Waals surface area contributed by atoms with Gasteiger partial charge in [-0.05, 0) is 36.8 Å². The number of nitrogens with zero attached hydrogens (tertiary/aromatic N) is 4. The molecule has 1 N–H and O–H groups in total. The molecule has 0 atom stereocenters. The minimum atomic E-state index is -3.79. The maximum Gasteiger partial charge on any atom is 0.433 e. The third-order valence-corrected chi connectivity index (χ3v) is 5.74. The summed E-state index contributed by atoms with van der Waals surface area (Å²) in [5.41, 5.74) is 0.456. The molecule has 3 aromatic rings. The molecule has 1 aromatic carbocycles. The molecule has 0 spiro atoms. The van der Waals surface area contributed by atoms with Gasteiger partial charge in [0, 0.05) is 0 Å². The number of aliphatic imine (C=N–C) groups is 1. The predicted molar refractivity (Wildman–Crippen MR) is 99.2 cm³/mol. The predicted octanol–water partition coefficient (Wildman–Crippen LogP) is 3.15. The molecular formula is C15H13N5O5S2. The molecule has 0 radical (unpaired) electrons. The number of rotatable bonds is 7. The molecule has 2 heterocycles. The van der Waals surface area contributed by atoms with Gasteiger partial charge >= 0.3 is 5.88 Å². The van der Waals surface area contributed by atoms with E-state index in [2.05, 4.69) is 19.9 Å². The lowest BCUT2D eigenvalue weighted by molar-refractivity contribution is -0.402. The standard InChI is InChI=1S/C15H13N5O5S2/c1-2-13-17-18-15(26-13)19-27(23,24)12-6-3-10(4-7-12)16-9-11-5-8-14(25-11)20(21)22/h3-9H,2H2,1H3,(H,18,19). The number of hydrogen-bond acceptors (Lipinski definition) is 9. The second-order valence-corrected chi connectivity index (χ2v) is 7.89. The fraction of sp³-hybridized carbons (Fsp3) is 0.133. The van der Waals surface area contributed by atoms with E-state index in [9.17, 15) is 18.5 Å². The maximum absolute atomic E-state index is 12.4. The van der Waals surface area contributed by atoms with Gasteiger partial charge in [0.1, 0.15) is 9.93 Å². The summed E-state index contributed by atoms with van der Waals surface area (Å²) in [6, 6.07) is 8.42. The maximum atomic E-state index is 12.4. The molecule has 0 saturated carbocycles. The Kier molecular flexibility index (Phi) is 5.28. The Morgan fingerprint density at radius 3 is 2.59 bits per heavy atom. The molecule has 2 aromatic heterocycles. The van der Waals surface area contributed by atoms with Crippen LogP contribution in [0.3, 0.4) is 0 Å². The minimum Gasteiger partial charge on any atom is -0.400 e. The van der Waals surface area contributed by atoms with Crippen LogP contribution in [0.15, 0.2) is 50.7 Å². The number of aryl methyl sites for hydroxylation is 1. The zero-order valence-electron chi connectivity index (χ0n) is 13.9. The molecule has 0 amide bonds. The van der Waals surface area contributed by atoms with Gasteiger partial charge in [-0.3, -0.25) is 19.8 Å². The van der Waals surface area contributed by atoms with Gasteiger partial charge in [-0.1, -0.05) is 18.3 Å². The lowest BCUT2D eigenvalue weighted by Crippen LogP contribution is -2.12. The van der Waals surface area contributed by atoms with Gasteiger partial charge in [0.15, 0.2) is 5.76 Å². The zero-order chi connectivity index (χ0) is 19.4. The Morgan fingerprint density at radius 1 is 1.26 bits per heavy atom. The number of aromatic nitrogens is 2. The number of nitro groups is 1. The molecule has 27 heavy (non-hydrogen) atoms. The van der Waals surface area contributed by atoms with Crippen LogP contribution in [0.25, 0.3) is 0 Å². The van der Waals surface area contributed by atoms with Crippen molar-refractivity contribution >= 4 is 44.3 Å². The normalized spacial score (nSPS) is 11.7. The SMILES string of the molecule is CCc1nnc(NS(=O)(=O)c2ccc(N=Cc3ccc([N+](=O)[O-])o3)cc2)s1. The van der Waals surface area contributed by atoms with Crippen LogP contribution in [0.5, 0.6) is 0 Å². The first-order chi connectivity index (χ1) is 12.9. The van der Waals surface area contributed by atoms with Crippen LogP contribution >= 0.6 is 11.3 Å². The van der Waals surface area contributed by atoms with Crippen LogP contribution in [0.2, 0.25) is 0 Å². The van der Waals surface area contributed by atoms with Gasteiger partial charge in [0.2, 0.25) is 5.13 Å². The van der Waals surface area contributed by atoms with Gasteiger partial charge in [-0.2, -0.15) is 0 Å². The highest BCUT2D eigenvalue weighted by molar-refractivity contribution is 7.93. The molecule has 0 aliphatic carbocycles. The first-order valence-electron chi connectivity index (χ1n) is 7.61. The van der Waals surface area contributed by atoms with Crippen molar-refractivity contribution in [3.63, 3.8) is 0 Å². The van der Waals surface area contributed by atoms with Gasteiger partial charge in [0.05, 0.1) is 22.9 Å². The first kappa shape index (κ1) is 18.7. The second kappa shape index (κ2) is 7.63. The molecule has 0 saturated heterocycles. The van der Waals surface area contributed by atoms with Crippen LogP contribution in [0, 0.1) is 10.1 Å². The first-order valence-corrected chi connectivity index (χ1v) is 9.91. The van der Waals surface area contributed by atoms with Crippen molar-refractivity contribution in [2.45, 2.75) is 18.2 Å². The topological polar surface area (TPSA) is 141 Å². The van der Waals surface area contributed by atoms with Crippen molar-refractivity contribution in [2.24, 2.45) is 4.99 Å². The summed E-state index contributed by atoms with van der Waals surface area (Å²) in [5.74, 6) is -0.171. The van der Waals surface area contributed by atoms with Crippen LogP contribution in [-0.2, 0) is 16.4 Å². The zero-order valence-corrected chi connectivity index (χ0v) is 15.5. The summed E-state index contributed by atoms with van der Waals surface area (Å²) in [6.07, 6.45) is 1.98. The Balaban J connectivity index is 1.71. The van der Waals surface area contributed by atoms with E-state index in [4.69, 9.17) is 4.42 Å². The Morgan fingerprint density at radius 2 is 2.00 bits per heavy atom. The van der Waals surface area contributed by atoms with E-state index in [1.807, 2.05) is 6.92 Å². The van der Waals surface area contributed by atoms with E-state index < -0.39 is 14.9 Å². The number of benzene rings is 1. The molecule has 0 fully saturated rings. The smallest absolute Gasteiger partial charge is 0.400 e. The molecule has 12 heteroatoms. The fourth-order valence-electron chi connectivity index (χ4n) is 1.97. The van der Waals surface area contributed by atoms with Gasteiger partial charge in [-0.25, -0.2) is 8.42 Å². The summed E-state index contributed by atoms with van der Waals surface area (Å²) < 4.78 is 32.1. The molecule has 0 aliphatic heterocycles. The molecule has 0 unspecified atom stereocenters. The van der Waals surface area contributed by atoms with Crippen LogP contribution in [-0.4, -0.2) is 29.8 Å². The quantitative estimate of drug-likeness (QED) is 0.360. The van der Waals surface area contributed by atoms with Gasteiger partial charge in [0.25, 0.3) is 10.0 Å². The van der Waals surface area contributed by atoms with Gasteiger partial charge < -0.3 is 4.42 Å². The molecule has 0 bridgehead atoms. The fourth-order valence-corrected chi connectivity index (χ4v) is 3.88. The van der Waals surface area contributed by atoms with Crippen molar-refractivity contribution in [1.29, 1.82) is 0 Å². The molecular weight excluding hydrogens is 394 g/mol. The van der Waals surface area contributed by atoms with Gasteiger partial charge in [-0.15, -0.1) is 10.2 Å². The molecule has 10 nitrogen and oxygen atoms in total. The average molecular weight is 407 g/mol. The lowest BCUT2D eigenvalue weighted by atomic mass is 10.3. The van der Waals surface area contributed by atoms with Crippen molar-refractivity contribution in [1.82, 2.24) is 10.2 Å². The number of nitrogens with one attached hydrogen (secondary N) is 1. The lowest BCUT2D eigenvalue weighted by Gasteiger charge is -2.04. The number of anilines is 1. The van der Waals surface area contributed by atoms with E-state index in [0.717, 1.165) is 5.01 Å². The average Bonchev–Trinajstić information content (AvgIpc) is 3.29. The van der Waals surface area contributed by atoms with Crippen LogP contribution in [0.4, 0.5) is 16.7 Å². The Hall–Kier alpha value is -3.12. The molecule has 0 aliphatic rings. The van der Waals surface area contributed by atoms with E-state index in [1.54, 1.807) is 0 Å². The summed E-state index contributed by atoms with van der Waals surface area (Å²) >= 11 is 1.17. The monoisotopic (exact) mass is 407 g/mol. The summed E-state index contributed by atoms with van der Waals surface area (Å²) in [4.78, 5) is 14.1. The number of furan rings is 1.